The van der Waals surface area contributed by atoms with Crippen molar-refractivity contribution in [3.63, 3.8) is 0 Å². The Morgan fingerprint density at radius 1 is 1.11 bits per heavy atom. The standard InChI is InChI=1S/C17H19NO2.C13H24O2.CH2O/c1-3-12(2)13-8-10-14(11-9-13)17(20)18-15-6-4-5-7-16(15)19;1-4-13(2,3)9-14-8-10-5-6-11-12(7-10)15-11;1-2/h4-12,19H,3H2,1-2H3,(H,18,20);10-12H,4-9H2,1-3H3;1H2. The van der Waals surface area contributed by atoms with Crippen LogP contribution in [0.3, 0.4) is 0 Å². The van der Waals surface area contributed by atoms with Crippen LogP contribution < -0.4 is 5.32 Å². The lowest BCUT2D eigenvalue weighted by molar-refractivity contribution is -0.0980. The number of rotatable bonds is 9. The topological polar surface area (TPSA) is 88.2 Å². The first kappa shape index (κ1) is 30.5. The van der Waals surface area contributed by atoms with Gasteiger partial charge >= 0.3 is 0 Å². The summed E-state index contributed by atoms with van der Waals surface area (Å²) in [5.74, 6) is 1.09. The third-order valence-electron chi connectivity index (χ3n) is 7.42. The molecule has 4 unspecified atom stereocenters. The van der Waals surface area contributed by atoms with Gasteiger partial charge in [0.1, 0.15) is 12.5 Å². The second kappa shape index (κ2) is 14.9. The van der Waals surface area contributed by atoms with E-state index >= 15 is 0 Å². The Hall–Kier alpha value is -2.70. The van der Waals surface area contributed by atoms with Crippen LogP contribution in [0, 0.1) is 11.3 Å². The molecule has 1 aliphatic heterocycles. The summed E-state index contributed by atoms with van der Waals surface area (Å²) in [7, 11) is 0. The van der Waals surface area contributed by atoms with E-state index in [4.69, 9.17) is 14.3 Å². The Morgan fingerprint density at radius 3 is 2.38 bits per heavy atom. The minimum absolute atomic E-state index is 0.0667. The molecule has 2 aromatic rings. The second-order valence-corrected chi connectivity index (χ2v) is 10.8. The molecule has 0 bridgehead atoms. The zero-order valence-corrected chi connectivity index (χ0v) is 23.2. The molecule has 1 heterocycles. The molecule has 37 heavy (non-hydrogen) atoms. The summed E-state index contributed by atoms with van der Waals surface area (Å²) in [4.78, 5) is 20.1. The van der Waals surface area contributed by atoms with Crippen LogP contribution >= 0.6 is 0 Å². The van der Waals surface area contributed by atoms with Gasteiger partial charge in [0.15, 0.2) is 0 Å². The third kappa shape index (κ3) is 9.94. The first-order chi connectivity index (χ1) is 17.7. The van der Waals surface area contributed by atoms with Crippen molar-refractivity contribution in [2.75, 3.05) is 18.5 Å². The van der Waals surface area contributed by atoms with Crippen molar-refractivity contribution in [1.82, 2.24) is 0 Å². The van der Waals surface area contributed by atoms with Gasteiger partial charge in [-0.3, -0.25) is 4.79 Å². The molecule has 1 saturated heterocycles. The number of benzene rings is 2. The number of phenolic OH excluding ortho intramolecular Hbond substituents is 1. The minimum Gasteiger partial charge on any atom is -0.506 e. The molecule has 1 aliphatic carbocycles. The van der Waals surface area contributed by atoms with Crippen LogP contribution in [0.4, 0.5) is 5.69 Å². The lowest BCUT2D eigenvalue weighted by atomic mass is 9.89. The summed E-state index contributed by atoms with van der Waals surface area (Å²) in [5, 5.41) is 12.3. The highest BCUT2D eigenvalue weighted by molar-refractivity contribution is 6.05. The highest BCUT2D eigenvalue weighted by Gasteiger charge is 2.43. The van der Waals surface area contributed by atoms with Gasteiger partial charge in [0, 0.05) is 12.2 Å². The minimum atomic E-state index is -0.220. The predicted octanol–water partition coefficient (Wildman–Crippen LogP) is 6.98. The van der Waals surface area contributed by atoms with E-state index in [1.54, 1.807) is 24.3 Å². The molecule has 2 aliphatic rings. The fraction of sp³-hybridized carbons (Fsp3) is 0.548. The van der Waals surface area contributed by atoms with Crippen LogP contribution in [0.15, 0.2) is 48.5 Å². The fourth-order valence-electron chi connectivity index (χ4n) is 4.21. The molecular weight excluding hydrogens is 466 g/mol. The van der Waals surface area contributed by atoms with E-state index in [0.717, 1.165) is 25.6 Å². The maximum atomic E-state index is 12.1. The van der Waals surface area contributed by atoms with Crippen LogP contribution in [0.25, 0.3) is 0 Å². The van der Waals surface area contributed by atoms with Gasteiger partial charge in [-0.1, -0.05) is 58.9 Å². The summed E-state index contributed by atoms with van der Waals surface area (Å²) in [6.45, 7) is 14.9. The van der Waals surface area contributed by atoms with Gasteiger partial charge < -0.3 is 24.7 Å². The first-order valence-corrected chi connectivity index (χ1v) is 13.4. The lowest BCUT2D eigenvalue weighted by Gasteiger charge is -2.25. The van der Waals surface area contributed by atoms with E-state index in [9.17, 15) is 9.90 Å². The summed E-state index contributed by atoms with van der Waals surface area (Å²) in [6, 6.07) is 14.3. The van der Waals surface area contributed by atoms with Crippen LogP contribution in [0.2, 0.25) is 0 Å². The Labute approximate surface area is 222 Å². The number of para-hydroxylation sites is 2. The molecule has 6 heteroatoms. The third-order valence-corrected chi connectivity index (χ3v) is 7.42. The van der Waals surface area contributed by atoms with Gasteiger partial charge in [0.25, 0.3) is 5.91 Å². The molecule has 0 spiro atoms. The number of ether oxygens (including phenoxy) is 2. The van der Waals surface area contributed by atoms with Crippen molar-refractivity contribution < 1.29 is 24.2 Å². The number of hydrogen-bond donors (Lipinski definition) is 2. The Kier molecular flexibility index (Phi) is 12.3. The van der Waals surface area contributed by atoms with E-state index in [1.807, 2.05) is 31.1 Å². The van der Waals surface area contributed by atoms with Crippen LogP contribution in [-0.4, -0.2) is 43.2 Å². The van der Waals surface area contributed by atoms with Crippen LogP contribution in [0.5, 0.6) is 5.75 Å². The number of aromatic hydroxyl groups is 1. The Morgan fingerprint density at radius 2 is 1.78 bits per heavy atom. The van der Waals surface area contributed by atoms with Crippen molar-refractivity contribution in [1.29, 1.82) is 0 Å². The van der Waals surface area contributed by atoms with Gasteiger partial charge in [0.2, 0.25) is 0 Å². The van der Waals surface area contributed by atoms with Crippen molar-refractivity contribution in [3.05, 3.63) is 59.7 Å². The summed E-state index contributed by atoms with van der Waals surface area (Å²) < 4.78 is 11.4. The van der Waals surface area contributed by atoms with E-state index in [2.05, 4.69) is 39.9 Å². The number of phenols is 1. The van der Waals surface area contributed by atoms with Gasteiger partial charge in [-0.05, 0) is 79.2 Å². The molecule has 2 N–H and O–H groups in total. The molecule has 1 amide bonds. The van der Waals surface area contributed by atoms with Crippen molar-refractivity contribution in [3.8, 4) is 5.75 Å². The zero-order valence-electron chi connectivity index (χ0n) is 23.2. The molecule has 1 saturated carbocycles. The average Bonchev–Trinajstić information content (AvgIpc) is 3.70. The number of carbonyl (C=O) groups excluding carboxylic acids is 2. The Bertz CT molecular complexity index is 958. The molecule has 0 aromatic heterocycles. The molecule has 0 radical (unpaired) electrons. The maximum absolute atomic E-state index is 12.1. The number of epoxide rings is 1. The quantitative estimate of drug-likeness (QED) is 0.280. The summed E-state index contributed by atoms with van der Waals surface area (Å²) in [6.07, 6.45) is 7.26. The zero-order chi connectivity index (χ0) is 27.4. The molecule has 6 nitrogen and oxygen atoms in total. The van der Waals surface area contributed by atoms with Crippen molar-refractivity contribution >= 4 is 18.4 Å². The normalized spacial score (nSPS) is 20.7. The van der Waals surface area contributed by atoms with Gasteiger partial charge in [-0.25, -0.2) is 0 Å². The number of carbonyl (C=O) groups is 2. The SMILES string of the molecule is C=O.CCC(C)(C)COCC1CCC2OC2C1.CCC(C)c1ccc(C(=O)Nc2ccccc2O)cc1. The van der Waals surface area contributed by atoms with E-state index in [-0.39, 0.29) is 11.7 Å². The highest BCUT2D eigenvalue weighted by Crippen LogP contribution is 2.39. The van der Waals surface area contributed by atoms with Crippen molar-refractivity contribution in [2.24, 2.45) is 11.3 Å². The van der Waals surface area contributed by atoms with Gasteiger partial charge in [-0.2, -0.15) is 0 Å². The van der Waals surface area contributed by atoms with Crippen LogP contribution in [0.1, 0.15) is 88.6 Å². The second-order valence-electron chi connectivity index (χ2n) is 10.8. The average molecular weight is 512 g/mol. The number of nitrogens with one attached hydrogen (secondary N) is 1. The lowest BCUT2D eigenvalue weighted by Crippen LogP contribution is -2.23. The number of amides is 1. The van der Waals surface area contributed by atoms with E-state index < -0.39 is 0 Å². The number of fused-ring (bicyclic) bond motifs is 1. The molecule has 204 valence electrons. The predicted molar refractivity (Wildman–Crippen MR) is 149 cm³/mol. The molecule has 4 atom stereocenters. The summed E-state index contributed by atoms with van der Waals surface area (Å²) >= 11 is 0. The molecular formula is C31H45NO5. The molecule has 4 rings (SSSR count). The molecule has 2 fully saturated rings. The largest absolute Gasteiger partial charge is 0.506 e. The highest BCUT2D eigenvalue weighted by atomic mass is 16.6. The van der Waals surface area contributed by atoms with E-state index in [1.165, 1.54) is 31.2 Å². The first-order valence-electron chi connectivity index (χ1n) is 13.4. The van der Waals surface area contributed by atoms with Gasteiger partial charge in [-0.15, -0.1) is 0 Å². The fourth-order valence-corrected chi connectivity index (χ4v) is 4.21. The Balaban J connectivity index is 0.000000252. The smallest absolute Gasteiger partial charge is 0.255 e. The number of hydrogen-bond acceptors (Lipinski definition) is 5. The van der Waals surface area contributed by atoms with E-state index in [0.29, 0.717) is 34.8 Å². The monoisotopic (exact) mass is 511 g/mol. The van der Waals surface area contributed by atoms with Crippen LogP contribution in [-0.2, 0) is 14.3 Å². The molecule has 2 aromatic carbocycles. The number of anilines is 1. The maximum Gasteiger partial charge on any atom is 0.255 e. The van der Waals surface area contributed by atoms with Crippen molar-refractivity contribution in [2.45, 2.75) is 84.8 Å². The van der Waals surface area contributed by atoms with Gasteiger partial charge in [0.05, 0.1) is 24.5 Å². The summed E-state index contributed by atoms with van der Waals surface area (Å²) in [5.41, 5.74) is 2.57.